The summed E-state index contributed by atoms with van der Waals surface area (Å²) in [5.41, 5.74) is 13.3. The molecule has 2 atom stereocenters. The first-order valence-electron chi connectivity index (χ1n) is 16.8. The first-order chi connectivity index (χ1) is 23.7. The third-order valence-corrected chi connectivity index (χ3v) is 10.6. The van der Waals surface area contributed by atoms with Gasteiger partial charge in [0, 0.05) is 51.5 Å². The van der Waals surface area contributed by atoms with Gasteiger partial charge in [-0.3, -0.25) is 4.40 Å². The lowest BCUT2D eigenvalue weighted by atomic mass is 9.76. The molecule has 0 N–H and O–H groups in total. The van der Waals surface area contributed by atoms with Crippen molar-refractivity contribution in [2.45, 2.75) is 31.2 Å². The lowest BCUT2D eigenvalue weighted by Crippen LogP contribution is -2.39. The summed E-state index contributed by atoms with van der Waals surface area (Å²) in [4.78, 5) is 11.5. The van der Waals surface area contributed by atoms with Gasteiger partial charge < -0.3 is 9.47 Å². The number of benzene rings is 4. The fourth-order valence-electron chi connectivity index (χ4n) is 8.29. The second-order valence-electron chi connectivity index (χ2n) is 13.3. The molecule has 3 aromatic heterocycles. The summed E-state index contributed by atoms with van der Waals surface area (Å²) in [5, 5.41) is 1.34. The molecule has 0 saturated heterocycles. The molecular formula is C43H33N5. The minimum absolute atomic E-state index is 0.117. The van der Waals surface area contributed by atoms with Crippen LogP contribution in [0.15, 0.2) is 146 Å². The summed E-state index contributed by atoms with van der Waals surface area (Å²) >= 11 is 0. The van der Waals surface area contributed by atoms with Crippen LogP contribution in [-0.4, -0.2) is 25.0 Å². The van der Waals surface area contributed by atoms with Gasteiger partial charge in [-0.05, 0) is 84.5 Å². The highest BCUT2D eigenvalue weighted by molar-refractivity contribution is 5.92. The van der Waals surface area contributed by atoms with Crippen LogP contribution in [0.3, 0.4) is 0 Å². The molecule has 230 valence electrons. The largest absolute Gasteiger partial charge is 0.333 e. The Balaban J connectivity index is 1.19. The SMILES string of the molecule is CC12C=CC=CC1N(c1cc(-c3ccc(-c4cnc5ncccn45)cc3)cc(-n3c4c(c5ccccc53)CCC=C4)c1)c1ccccc12. The van der Waals surface area contributed by atoms with Crippen LogP contribution < -0.4 is 4.90 Å². The van der Waals surface area contributed by atoms with E-state index in [1.165, 1.54) is 55.9 Å². The second kappa shape index (κ2) is 10.3. The zero-order valence-electron chi connectivity index (χ0n) is 26.7. The number of imidazole rings is 1. The summed E-state index contributed by atoms with van der Waals surface area (Å²) in [5.74, 6) is 0.703. The van der Waals surface area contributed by atoms with Gasteiger partial charge in [-0.15, -0.1) is 0 Å². The molecule has 5 nitrogen and oxygen atoms in total. The van der Waals surface area contributed by atoms with Crippen molar-refractivity contribution in [2.24, 2.45) is 0 Å². The minimum Gasteiger partial charge on any atom is -0.333 e. The molecule has 1 aliphatic heterocycles. The van der Waals surface area contributed by atoms with Gasteiger partial charge in [0.25, 0.3) is 0 Å². The van der Waals surface area contributed by atoms with E-state index in [-0.39, 0.29) is 11.5 Å². The molecule has 0 spiro atoms. The predicted molar refractivity (Wildman–Crippen MR) is 196 cm³/mol. The fraction of sp³-hybridized carbons (Fsp3) is 0.116. The normalized spacial score (nSPS) is 19.2. The molecule has 48 heavy (non-hydrogen) atoms. The standard InChI is InChI=1S/C43H33N5/c1-43-22-9-8-17-41(43)48(39-16-7-4-13-36(39)43)33-26-31(29-18-20-30(21-19-29)40-28-45-42-44-23-10-24-46(40)42)25-32(27-33)47-37-14-5-2-11-34(37)35-12-3-6-15-38(35)47/h2,4-11,13-28,41H,3,12H2,1H3. The lowest BCUT2D eigenvalue weighted by molar-refractivity contribution is 0.550. The quantitative estimate of drug-likeness (QED) is 0.197. The van der Waals surface area contributed by atoms with Crippen LogP contribution in [0, 0.1) is 0 Å². The third-order valence-electron chi connectivity index (χ3n) is 10.6. The maximum absolute atomic E-state index is 4.52. The number of hydrogen-bond acceptors (Lipinski definition) is 3. The first kappa shape index (κ1) is 27.2. The number of aryl methyl sites for hydroxylation is 1. The summed E-state index contributed by atoms with van der Waals surface area (Å²) in [7, 11) is 0. The molecule has 2 unspecified atom stereocenters. The van der Waals surface area contributed by atoms with Gasteiger partial charge in [0.2, 0.25) is 5.78 Å². The van der Waals surface area contributed by atoms with Crippen molar-refractivity contribution >= 4 is 34.1 Å². The number of nitrogens with zero attached hydrogens (tertiary/aromatic N) is 5. The highest BCUT2D eigenvalue weighted by Crippen LogP contribution is 2.52. The molecule has 0 amide bonds. The average molecular weight is 620 g/mol. The highest BCUT2D eigenvalue weighted by Gasteiger charge is 2.46. The van der Waals surface area contributed by atoms with E-state index in [4.69, 9.17) is 0 Å². The number of rotatable bonds is 4. The van der Waals surface area contributed by atoms with E-state index in [0.717, 1.165) is 24.1 Å². The molecule has 0 radical (unpaired) electrons. The molecule has 10 rings (SSSR count). The van der Waals surface area contributed by atoms with E-state index in [1.807, 2.05) is 22.9 Å². The Kier molecular flexibility index (Phi) is 5.83. The zero-order chi connectivity index (χ0) is 31.8. The summed E-state index contributed by atoms with van der Waals surface area (Å²) in [6, 6.07) is 35.9. The predicted octanol–water partition coefficient (Wildman–Crippen LogP) is 9.87. The van der Waals surface area contributed by atoms with Crippen LogP contribution in [-0.2, 0) is 11.8 Å². The van der Waals surface area contributed by atoms with Crippen LogP contribution in [0.1, 0.15) is 30.2 Å². The molecular weight excluding hydrogens is 587 g/mol. The number of fused-ring (bicyclic) bond motifs is 7. The smallest absolute Gasteiger partial charge is 0.234 e. The van der Waals surface area contributed by atoms with Crippen molar-refractivity contribution in [3.8, 4) is 28.1 Å². The number of anilines is 2. The molecule has 2 aliphatic carbocycles. The van der Waals surface area contributed by atoms with Gasteiger partial charge in [0.1, 0.15) is 0 Å². The third kappa shape index (κ3) is 3.91. The Morgan fingerprint density at radius 2 is 1.62 bits per heavy atom. The van der Waals surface area contributed by atoms with Crippen LogP contribution in [0.4, 0.5) is 11.4 Å². The van der Waals surface area contributed by atoms with E-state index in [1.54, 1.807) is 6.20 Å². The summed E-state index contributed by atoms with van der Waals surface area (Å²) in [6.45, 7) is 2.37. The molecule has 4 heterocycles. The van der Waals surface area contributed by atoms with Gasteiger partial charge in [-0.2, -0.15) is 0 Å². The Hall–Kier alpha value is -5.94. The maximum atomic E-state index is 4.52. The van der Waals surface area contributed by atoms with E-state index in [0.29, 0.717) is 5.78 Å². The van der Waals surface area contributed by atoms with Crippen molar-refractivity contribution in [2.75, 3.05) is 4.90 Å². The van der Waals surface area contributed by atoms with E-state index in [2.05, 4.69) is 154 Å². The monoisotopic (exact) mass is 619 g/mol. The first-order valence-corrected chi connectivity index (χ1v) is 16.8. The van der Waals surface area contributed by atoms with E-state index in [9.17, 15) is 0 Å². The second-order valence-corrected chi connectivity index (χ2v) is 13.3. The maximum Gasteiger partial charge on any atom is 0.234 e. The van der Waals surface area contributed by atoms with E-state index < -0.39 is 0 Å². The van der Waals surface area contributed by atoms with Crippen LogP contribution >= 0.6 is 0 Å². The molecule has 0 saturated carbocycles. The van der Waals surface area contributed by atoms with Gasteiger partial charge in [0.05, 0.1) is 23.4 Å². The summed E-state index contributed by atoms with van der Waals surface area (Å²) < 4.78 is 4.51. The van der Waals surface area contributed by atoms with E-state index >= 15 is 0 Å². The van der Waals surface area contributed by atoms with Gasteiger partial charge in [-0.25, -0.2) is 9.97 Å². The Labute approximate surface area is 279 Å². The Bertz CT molecular complexity index is 2490. The number of para-hydroxylation sites is 2. The van der Waals surface area contributed by atoms with Crippen molar-refractivity contribution < 1.29 is 0 Å². The van der Waals surface area contributed by atoms with Crippen LogP contribution in [0.25, 0.3) is 50.8 Å². The molecule has 3 aliphatic rings. The molecule has 5 heteroatoms. The molecule has 0 bridgehead atoms. The van der Waals surface area contributed by atoms with Crippen molar-refractivity contribution in [3.05, 3.63) is 163 Å². The minimum atomic E-state index is -0.117. The summed E-state index contributed by atoms with van der Waals surface area (Å²) in [6.07, 6.45) is 21.6. The van der Waals surface area contributed by atoms with Gasteiger partial charge in [-0.1, -0.05) is 91.0 Å². The zero-order valence-corrected chi connectivity index (χ0v) is 26.7. The van der Waals surface area contributed by atoms with Gasteiger partial charge in [0.15, 0.2) is 0 Å². The number of hydrogen-bond donors (Lipinski definition) is 0. The van der Waals surface area contributed by atoms with Crippen LogP contribution in [0.2, 0.25) is 0 Å². The molecule has 7 aromatic rings. The lowest BCUT2D eigenvalue weighted by Gasteiger charge is -2.35. The van der Waals surface area contributed by atoms with Gasteiger partial charge >= 0.3 is 0 Å². The molecule has 0 fully saturated rings. The van der Waals surface area contributed by atoms with Crippen molar-refractivity contribution in [1.82, 2.24) is 18.9 Å². The Morgan fingerprint density at radius 1 is 0.792 bits per heavy atom. The number of allylic oxidation sites excluding steroid dienone is 3. The topological polar surface area (TPSA) is 38.4 Å². The van der Waals surface area contributed by atoms with Crippen LogP contribution in [0.5, 0.6) is 0 Å². The fourth-order valence-corrected chi connectivity index (χ4v) is 8.29. The van der Waals surface area contributed by atoms with Crippen molar-refractivity contribution in [3.63, 3.8) is 0 Å². The average Bonchev–Trinajstić information content (AvgIpc) is 3.80. The molecule has 4 aromatic carbocycles. The van der Waals surface area contributed by atoms with Crippen molar-refractivity contribution in [1.29, 1.82) is 0 Å². The highest BCUT2D eigenvalue weighted by atomic mass is 15.2. The number of aromatic nitrogens is 4. The Morgan fingerprint density at radius 3 is 2.56 bits per heavy atom.